The zero-order valence-corrected chi connectivity index (χ0v) is 7.55. The molecule has 3 N–H and O–H groups in total. The lowest BCUT2D eigenvalue weighted by molar-refractivity contribution is -0.125. The molecule has 0 spiro atoms. The summed E-state index contributed by atoms with van der Waals surface area (Å²) in [6.45, 7) is 2.52. The van der Waals surface area contributed by atoms with Crippen LogP contribution in [0, 0.1) is 5.92 Å². The molecule has 1 heterocycles. The van der Waals surface area contributed by atoms with Crippen LogP contribution in [0.15, 0.2) is 0 Å². The predicted octanol–water partition coefficient (Wildman–Crippen LogP) is -0.639. The average Bonchev–Trinajstić information content (AvgIpc) is 2.17. The monoisotopic (exact) mass is 171 g/mol. The van der Waals surface area contributed by atoms with Crippen molar-refractivity contribution in [1.29, 1.82) is 0 Å². The van der Waals surface area contributed by atoms with Gasteiger partial charge in [0, 0.05) is 32.7 Å². The Balaban J connectivity index is 2.30. The van der Waals surface area contributed by atoms with E-state index in [9.17, 15) is 4.79 Å². The van der Waals surface area contributed by atoms with Crippen LogP contribution in [0.25, 0.3) is 0 Å². The summed E-state index contributed by atoms with van der Waals surface area (Å²) in [5.74, 6) is 0.379. The number of hydrogen-bond acceptors (Lipinski definition) is 3. The average molecular weight is 171 g/mol. The van der Waals surface area contributed by atoms with E-state index in [0.717, 1.165) is 25.9 Å². The van der Waals surface area contributed by atoms with Crippen LogP contribution in [0.4, 0.5) is 0 Å². The second kappa shape index (κ2) is 4.42. The van der Waals surface area contributed by atoms with Crippen molar-refractivity contribution in [3.8, 4) is 0 Å². The highest BCUT2D eigenvalue weighted by Gasteiger charge is 2.22. The third-order valence-corrected chi connectivity index (χ3v) is 2.46. The molecule has 70 valence electrons. The molecule has 4 nitrogen and oxygen atoms in total. The number of carbonyl (C=O) groups excluding carboxylic acids is 1. The molecule has 0 unspecified atom stereocenters. The van der Waals surface area contributed by atoms with Gasteiger partial charge in [-0.1, -0.05) is 0 Å². The number of rotatable bonds is 2. The van der Waals surface area contributed by atoms with Crippen LogP contribution in [0.3, 0.4) is 0 Å². The lowest BCUT2D eigenvalue weighted by Crippen LogP contribution is -2.41. The predicted molar refractivity (Wildman–Crippen MR) is 47.4 cm³/mol. The van der Waals surface area contributed by atoms with Crippen LogP contribution in [-0.4, -0.2) is 37.6 Å². The standard InChI is InChI=1S/C8H17N3O/c1-10-8(12)7-2-4-11(6-9)5-3-7/h7H,2-6,9H2,1H3,(H,10,12). The van der Waals surface area contributed by atoms with Gasteiger partial charge >= 0.3 is 0 Å². The Hall–Kier alpha value is -0.610. The van der Waals surface area contributed by atoms with Gasteiger partial charge in [0.2, 0.25) is 5.91 Å². The van der Waals surface area contributed by atoms with E-state index in [1.54, 1.807) is 7.05 Å². The third kappa shape index (κ3) is 2.19. The van der Waals surface area contributed by atoms with E-state index in [-0.39, 0.29) is 11.8 Å². The number of nitrogens with two attached hydrogens (primary N) is 1. The number of carbonyl (C=O) groups is 1. The van der Waals surface area contributed by atoms with Gasteiger partial charge in [0.1, 0.15) is 0 Å². The Morgan fingerprint density at radius 1 is 1.58 bits per heavy atom. The molecule has 0 aromatic rings. The fourth-order valence-corrected chi connectivity index (χ4v) is 1.58. The number of hydrogen-bond donors (Lipinski definition) is 2. The number of piperidine rings is 1. The second-order valence-corrected chi connectivity index (χ2v) is 3.19. The Bertz CT molecular complexity index is 152. The van der Waals surface area contributed by atoms with Gasteiger partial charge in [0.05, 0.1) is 0 Å². The van der Waals surface area contributed by atoms with Gasteiger partial charge in [0.15, 0.2) is 0 Å². The number of nitrogens with zero attached hydrogens (tertiary/aromatic N) is 1. The van der Waals surface area contributed by atoms with E-state index in [0.29, 0.717) is 6.67 Å². The molecule has 1 fully saturated rings. The quantitative estimate of drug-likeness (QED) is 0.581. The molecule has 0 radical (unpaired) electrons. The molecular weight excluding hydrogens is 154 g/mol. The van der Waals surface area contributed by atoms with Crippen molar-refractivity contribution in [2.24, 2.45) is 11.7 Å². The highest BCUT2D eigenvalue weighted by Crippen LogP contribution is 2.15. The fourth-order valence-electron chi connectivity index (χ4n) is 1.58. The zero-order chi connectivity index (χ0) is 8.97. The molecule has 0 saturated carbocycles. The van der Waals surface area contributed by atoms with Crippen molar-refractivity contribution >= 4 is 5.91 Å². The minimum atomic E-state index is 0.173. The lowest BCUT2D eigenvalue weighted by Gasteiger charge is -2.29. The summed E-state index contributed by atoms with van der Waals surface area (Å²) in [6, 6.07) is 0. The van der Waals surface area contributed by atoms with Gasteiger partial charge in [-0.25, -0.2) is 0 Å². The van der Waals surface area contributed by atoms with Crippen molar-refractivity contribution < 1.29 is 4.79 Å². The molecule has 0 aromatic heterocycles. The van der Waals surface area contributed by atoms with Crippen LogP contribution in [-0.2, 0) is 4.79 Å². The van der Waals surface area contributed by atoms with E-state index in [1.165, 1.54) is 0 Å². The summed E-state index contributed by atoms with van der Waals surface area (Å²) in [5.41, 5.74) is 5.48. The first-order valence-electron chi connectivity index (χ1n) is 4.42. The number of nitrogens with one attached hydrogen (secondary N) is 1. The maximum atomic E-state index is 11.2. The Labute approximate surface area is 73.1 Å². The Morgan fingerprint density at radius 2 is 2.17 bits per heavy atom. The minimum absolute atomic E-state index is 0.173. The van der Waals surface area contributed by atoms with Gasteiger partial charge in [-0.3, -0.25) is 9.69 Å². The van der Waals surface area contributed by atoms with Crippen molar-refractivity contribution in [2.75, 3.05) is 26.8 Å². The second-order valence-electron chi connectivity index (χ2n) is 3.19. The van der Waals surface area contributed by atoms with Gasteiger partial charge in [0.25, 0.3) is 0 Å². The molecule has 1 aliphatic rings. The molecular formula is C8H17N3O. The maximum Gasteiger partial charge on any atom is 0.222 e. The fraction of sp³-hybridized carbons (Fsp3) is 0.875. The number of likely N-dealkylation sites (tertiary alicyclic amines) is 1. The first-order chi connectivity index (χ1) is 5.77. The summed E-state index contributed by atoms with van der Waals surface area (Å²) < 4.78 is 0. The molecule has 12 heavy (non-hydrogen) atoms. The maximum absolute atomic E-state index is 11.2. The Morgan fingerprint density at radius 3 is 2.58 bits per heavy atom. The van der Waals surface area contributed by atoms with E-state index < -0.39 is 0 Å². The summed E-state index contributed by atoms with van der Waals surface area (Å²) in [5, 5.41) is 2.68. The van der Waals surface area contributed by atoms with E-state index in [2.05, 4.69) is 10.2 Å². The van der Waals surface area contributed by atoms with E-state index in [4.69, 9.17) is 5.73 Å². The number of amides is 1. The van der Waals surface area contributed by atoms with Crippen molar-refractivity contribution in [2.45, 2.75) is 12.8 Å². The molecule has 0 bridgehead atoms. The highest BCUT2D eigenvalue weighted by molar-refractivity contribution is 5.78. The van der Waals surface area contributed by atoms with Gasteiger partial charge < -0.3 is 11.1 Å². The van der Waals surface area contributed by atoms with Crippen molar-refractivity contribution in [1.82, 2.24) is 10.2 Å². The topological polar surface area (TPSA) is 58.4 Å². The van der Waals surface area contributed by atoms with Gasteiger partial charge in [-0.15, -0.1) is 0 Å². The molecule has 0 aliphatic carbocycles. The minimum Gasteiger partial charge on any atom is -0.359 e. The molecule has 4 heteroatoms. The first-order valence-corrected chi connectivity index (χ1v) is 4.42. The molecule has 1 aliphatic heterocycles. The summed E-state index contributed by atoms with van der Waals surface area (Å²) in [6.07, 6.45) is 1.88. The SMILES string of the molecule is CNC(=O)C1CCN(CN)CC1. The van der Waals surface area contributed by atoms with Crippen molar-refractivity contribution in [3.63, 3.8) is 0 Å². The first kappa shape index (κ1) is 9.48. The zero-order valence-electron chi connectivity index (χ0n) is 7.55. The van der Waals surface area contributed by atoms with Crippen LogP contribution in [0.1, 0.15) is 12.8 Å². The smallest absolute Gasteiger partial charge is 0.222 e. The van der Waals surface area contributed by atoms with Crippen LogP contribution in [0.2, 0.25) is 0 Å². The molecule has 1 rings (SSSR count). The third-order valence-electron chi connectivity index (χ3n) is 2.46. The van der Waals surface area contributed by atoms with Crippen LogP contribution >= 0.6 is 0 Å². The largest absolute Gasteiger partial charge is 0.359 e. The molecule has 1 amide bonds. The summed E-state index contributed by atoms with van der Waals surface area (Å²) in [4.78, 5) is 13.4. The van der Waals surface area contributed by atoms with Gasteiger partial charge in [-0.05, 0) is 12.8 Å². The van der Waals surface area contributed by atoms with Gasteiger partial charge in [-0.2, -0.15) is 0 Å². The van der Waals surface area contributed by atoms with Crippen molar-refractivity contribution in [3.05, 3.63) is 0 Å². The van der Waals surface area contributed by atoms with E-state index in [1.807, 2.05) is 0 Å². The summed E-state index contributed by atoms with van der Waals surface area (Å²) in [7, 11) is 1.69. The van der Waals surface area contributed by atoms with Crippen LogP contribution in [0.5, 0.6) is 0 Å². The molecule has 0 aromatic carbocycles. The lowest BCUT2D eigenvalue weighted by atomic mass is 9.96. The molecule has 1 saturated heterocycles. The van der Waals surface area contributed by atoms with E-state index >= 15 is 0 Å². The molecule has 0 atom stereocenters. The Kier molecular flexibility index (Phi) is 3.49. The summed E-state index contributed by atoms with van der Waals surface area (Å²) >= 11 is 0. The normalized spacial score (nSPS) is 20.8. The van der Waals surface area contributed by atoms with Crippen LogP contribution < -0.4 is 11.1 Å². The highest BCUT2D eigenvalue weighted by atomic mass is 16.1.